The summed E-state index contributed by atoms with van der Waals surface area (Å²) in [5.74, 6) is -0.108. The van der Waals surface area contributed by atoms with Crippen LogP contribution in [-0.4, -0.2) is 74.5 Å². The predicted octanol–water partition coefficient (Wildman–Crippen LogP) is 1.89. The van der Waals surface area contributed by atoms with Crippen molar-refractivity contribution in [2.75, 3.05) is 39.4 Å². The van der Waals surface area contributed by atoms with Crippen LogP contribution in [0.3, 0.4) is 0 Å². The van der Waals surface area contributed by atoms with E-state index in [1.165, 1.54) is 12.1 Å². The molecule has 172 valence electrons. The number of carbonyl (C=O) groups excluding carboxylic acids is 1. The first kappa shape index (κ1) is 22.8. The molecule has 32 heavy (non-hydrogen) atoms. The quantitative estimate of drug-likeness (QED) is 0.585. The van der Waals surface area contributed by atoms with Crippen LogP contribution in [0.4, 0.5) is 0 Å². The maximum Gasteiger partial charge on any atom is 0.254 e. The molecule has 2 fully saturated rings. The minimum absolute atomic E-state index is 0.0450. The predicted molar refractivity (Wildman–Crippen MR) is 121 cm³/mol. The summed E-state index contributed by atoms with van der Waals surface area (Å²) in [6.07, 6.45) is 6.06. The van der Waals surface area contributed by atoms with Crippen LogP contribution in [0.5, 0.6) is 0 Å². The molecule has 1 aromatic heterocycles. The van der Waals surface area contributed by atoms with E-state index in [4.69, 9.17) is 4.74 Å². The van der Waals surface area contributed by atoms with E-state index in [-0.39, 0.29) is 16.8 Å². The molecular weight excluding hydrogens is 428 g/mol. The standard InChI is InChI=1S/C23H30N4O4S/c28-23(20-2-6-22(7-3-20)32(29,30)25-21-4-5-21)27(18-19-8-10-24-11-9-19)13-1-12-26-14-16-31-17-15-26/h2-3,6-11,21,25H,1,4-5,12-18H2. The Labute approximate surface area is 189 Å². The SMILES string of the molecule is O=C(c1ccc(S(=O)(=O)NC2CC2)cc1)N(CCCN1CCOCC1)Cc1ccncc1. The summed E-state index contributed by atoms with van der Waals surface area (Å²) < 4.78 is 32.9. The van der Waals surface area contributed by atoms with Gasteiger partial charge in [0, 0.05) is 56.7 Å². The van der Waals surface area contributed by atoms with E-state index in [1.807, 2.05) is 17.0 Å². The van der Waals surface area contributed by atoms with E-state index < -0.39 is 10.0 Å². The minimum atomic E-state index is -3.53. The third-order valence-corrected chi connectivity index (χ3v) is 7.26. The molecule has 0 bridgehead atoms. The zero-order valence-corrected chi connectivity index (χ0v) is 19.0. The smallest absolute Gasteiger partial charge is 0.254 e. The second kappa shape index (κ2) is 10.5. The van der Waals surface area contributed by atoms with Gasteiger partial charge in [-0.15, -0.1) is 0 Å². The fourth-order valence-corrected chi connectivity index (χ4v) is 5.02. The zero-order chi connectivity index (χ0) is 22.4. The number of amides is 1. The summed E-state index contributed by atoms with van der Waals surface area (Å²) >= 11 is 0. The van der Waals surface area contributed by atoms with Gasteiger partial charge in [0.15, 0.2) is 0 Å². The summed E-state index contributed by atoms with van der Waals surface area (Å²) in [6.45, 7) is 5.35. The van der Waals surface area contributed by atoms with Crippen LogP contribution in [0, 0.1) is 0 Å². The summed E-state index contributed by atoms with van der Waals surface area (Å²) in [6, 6.07) is 10.1. The van der Waals surface area contributed by atoms with Crippen LogP contribution >= 0.6 is 0 Å². The molecule has 0 atom stereocenters. The number of benzene rings is 1. The van der Waals surface area contributed by atoms with E-state index in [9.17, 15) is 13.2 Å². The van der Waals surface area contributed by atoms with Gasteiger partial charge in [-0.3, -0.25) is 14.7 Å². The third kappa shape index (κ3) is 6.35. The first-order valence-electron chi connectivity index (χ1n) is 11.1. The van der Waals surface area contributed by atoms with Crippen molar-refractivity contribution in [2.24, 2.45) is 0 Å². The Morgan fingerprint density at radius 2 is 1.78 bits per heavy atom. The average Bonchev–Trinajstić information content (AvgIpc) is 3.63. The number of pyridine rings is 1. The van der Waals surface area contributed by atoms with Gasteiger partial charge in [-0.05, 0) is 61.2 Å². The molecule has 0 spiro atoms. The maximum absolute atomic E-state index is 13.3. The fourth-order valence-electron chi connectivity index (χ4n) is 3.72. The van der Waals surface area contributed by atoms with Gasteiger partial charge in [-0.25, -0.2) is 13.1 Å². The van der Waals surface area contributed by atoms with E-state index >= 15 is 0 Å². The molecule has 1 amide bonds. The number of carbonyl (C=O) groups is 1. The second-order valence-electron chi connectivity index (χ2n) is 8.31. The summed E-state index contributed by atoms with van der Waals surface area (Å²) in [7, 11) is -3.53. The van der Waals surface area contributed by atoms with Crippen LogP contribution < -0.4 is 4.72 Å². The monoisotopic (exact) mass is 458 g/mol. The molecule has 1 N–H and O–H groups in total. The Kier molecular flexibility index (Phi) is 7.51. The number of hydrogen-bond acceptors (Lipinski definition) is 6. The van der Waals surface area contributed by atoms with Crippen LogP contribution in [0.25, 0.3) is 0 Å². The number of morpholine rings is 1. The van der Waals surface area contributed by atoms with E-state index in [0.29, 0.717) is 18.7 Å². The van der Waals surface area contributed by atoms with E-state index in [2.05, 4.69) is 14.6 Å². The molecule has 4 rings (SSSR count). The minimum Gasteiger partial charge on any atom is -0.379 e. The highest BCUT2D eigenvalue weighted by molar-refractivity contribution is 7.89. The third-order valence-electron chi connectivity index (χ3n) is 5.73. The largest absolute Gasteiger partial charge is 0.379 e. The van der Waals surface area contributed by atoms with Crippen molar-refractivity contribution in [2.45, 2.75) is 36.7 Å². The lowest BCUT2D eigenvalue weighted by Crippen LogP contribution is -2.39. The Morgan fingerprint density at radius 3 is 2.44 bits per heavy atom. The van der Waals surface area contributed by atoms with Gasteiger partial charge in [0.2, 0.25) is 10.0 Å². The lowest BCUT2D eigenvalue weighted by atomic mass is 10.1. The number of sulfonamides is 1. The maximum atomic E-state index is 13.3. The molecule has 0 radical (unpaired) electrons. The van der Waals surface area contributed by atoms with Crippen LogP contribution in [-0.2, 0) is 21.3 Å². The Hall–Kier alpha value is -2.33. The van der Waals surface area contributed by atoms with Gasteiger partial charge in [0.25, 0.3) is 5.91 Å². The van der Waals surface area contributed by atoms with Crippen molar-refractivity contribution < 1.29 is 17.9 Å². The molecule has 9 heteroatoms. The van der Waals surface area contributed by atoms with Crippen LogP contribution in [0.2, 0.25) is 0 Å². The number of nitrogens with one attached hydrogen (secondary N) is 1. The molecule has 1 aliphatic carbocycles. The number of rotatable bonds is 10. The second-order valence-corrected chi connectivity index (χ2v) is 10.0. The molecule has 2 heterocycles. The molecule has 2 aromatic rings. The lowest BCUT2D eigenvalue weighted by Gasteiger charge is -2.28. The van der Waals surface area contributed by atoms with Crippen LogP contribution in [0.1, 0.15) is 35.2 Å². The van der Waals surface area contributed by atoms with Crippen LogP contribution in [0.15, 0.2) is 53.7 Å². The summed E-state index contributed by atoms with van der Waals surface area (Å²) in [4.78, 5) is 21.7. The number of ether oxygens (including phenoxy) is 1. The zero-order valence-electron chi connectivity index (χ0n) is 18.2. The first-order valence-corrected chi connectivity index (χ1v) is 12.6. The molecule has 1 saturated carbocycles. The fraction of sp³-hybridized carbons (Fsp3) is 0.478. The topological polar surface area (TPSA) is 91.8 Å². The highest BCUT2D eigenvalue weighted by atomic mass is 32.2. The number of nitrogens with zero attached hydrogens (tertiary/aromatic N) is 3. The summed E-state index contributed by atoms with van der Waals surface area (Å²) in [5, 5.41) is 0. The van der Waals surface area contributed by atoms with Crippen molar-refractivity contribution in [3.05, 3.63) is 59.9 Å². The van der Waals surface area contributed by atoms with E-state index in [0.717, 1.165) is 57.7 Å². The molecule has 1 saturated heterocycles. The average molecular weight is 459 g/mol. The molecule has 0 unspecified atom stereocenters. The molecule has 1 aromatic carbocycles. The van der Waals surface area contributed by atoms with Crippen molar-refractivity contribution in [1.82, 2.24) is 19.5 Å². The molecule has 8 nitrogen and oxygen atoms in total. The lowest BCUT2D eigenvalue weighted by molar-refractivity contribution is 0.0355. The molecule has 1 aliphatic heterocycles. The van der Waals surface area contributed by atoms with E-state index in [1.54, 1.807) is 24.5 Å². The first-order chi connectivity index (χ1) is 15.5. The van der Waals surface area contributed by atoms with Crippen molar-refractivity contribution >= 4 is 15.9 Å². The Balaban J connectivity index is 1.43. The Morgan fingerprint density at radius 1 is 1.09 bits per heavy atom. The van der Waals surface area contributed by atoms with Crippen molar-refractivity contribution in [1.29, 1.82) is 0 Å². The Bertz CT molecular complexity index is 988. The molecular formula is C23H30N4O4S. The van der Waals surface area contributed by atoms with Gasteiger partial charge in [0.1, 0.15) is 0 Å². The van der Waals surface area contributed by atoms with Gasteiger partial charge < -0.3 is 9.64 Å². The van der Waals surface area contributed by atoms with Gasteiger partial charge >= 0.3 is 0 Å². The number of aromatic nitrogens is 1. The van der Waals surface area contributed by atoms with Gasteiger partial charge in [0.05, 0.1) is 18.1 Å². The van der Waals surface area contributed by atoms with Gasteiger partial charge in [-0.2, -0.15) is 0 Å². The highest BCUT2D eigenvalue weighted by Crippen LogP contribution is 2.22. The van der Waals surface area contributed by atoms with Gasteiger partial charge in [-0.1, -0.05) is 0 Å². The van der Waals surface area contributed by atoms with Crippen molar-refractivity contribution in [3.63, 3.8) is 0 Å². The number of hydrogen-bond donors (Lipinski definition) is 1. The van der Waals surface area contributed by atoms with Crippen molar-refractivity contribution in [3.8, 4) is 0 Å². The summed E-state index contributed by atoms with van der Waals surface area (Å²) in [5.41, 5.74) is 1.49. The normalized spacial score (nSPS) is 17.2. The highest BCUT2D eigenvalue weighted by Gasteiger charge is 2.28. The molecule has 2 aliphatic rings.